The lowest BCUT2D eigenvalue weighted by molar-refractivity contribution is 0.360. The van der Waals surface area contributed by atoms with E-state index in [2.05, 4.69) is 121 Å². The zero-order valence-electron chi connectivity index (χ0n) is 16.7. The Morgan fingerprint density at radius 1 is 0.345 bits per heavy atom. The van der Waals surface area contributed by atoms with Crippen LogP contribution in [0, 0.1) is 0 Å². The fourth-order valence-electron chi connectivity index (χ4n) is 5.83. The number of rotatable bonds is 4. The van der Waals surface area contributed by atoms with Crippen LogP contribution in [-0.4, -0.2) is 0 Å². The van der Waals surface area contributed by atoms with Crippen molar-refractivity contribution in [3.8, 4) is 0 Å². The zero-order valence-corrected chi connectivity index (χ0v) is 16.7. The SMILES string of the molecule is c1ccc(C2(c3ccccc3)CCCC2(c2ccccc2)c2ccccc2)cc1. The first kappa shape index (κ1) is 17.9. The first-order valence-corrected chi connectivity index (χ1v) is 10.6. The zero-order chi connectivity index (χ0) is 19.6. The second-order valence-electron chi connectivity index (χ2n) is 8.13. The van der Waals surface area contributed by atoms with Gasteiger partial charge in [-0.1, -0.05) is 128 Å². The number of benzene rings is 4. The van der Waals surface area contributed by atoms with Crippen molar-refractivity contribution in [1.82, 2.24) is 0 Å². The molecular weight excluding hydrogens is 348 g/mol. The van der Waals surface area contributed by atoms with E-state index in [1.54, 1.807) is 0 Å². The summed E-state index contributed by atoms with van der Waals surface area (Å²) in [5.41, 5.74) is 5.46. The van der Waals surface area contributed by atoms with Crippen molar-refractivity contribution >= 4 is 0 Å². The first-order valence-electron chi connectivity index (χ1n) is 10.6. The highest BCUT2D eigenvalue weighted by molar-refractivity contribution is 5.56. The van der Waals surface area contributed by atoms with Gasteiger partial charge in [0.2, 0.25) is 0 Å². The van der Waals surface area contributed by atoms with Crippen molar-refractivity contribution in [2.45, 2.75) is 30.1 Å². The van der Waals surface area contributed by atoms with Crippen LogP contribution in [0.2, 0.25) is 0 Å². The minimum Gasteiger partial charge on any atom is -0.0622 e. The summed E-state index contributed by atoms with van der Waals surface area (Å²) in [6.07, 6.45) is 3.49. The highest BCUT2D eigenvalue weighted by Gasteiger charge is 2.58. The van der Waals surface area contributed by atoms with Gasteiger partial charge in [-0.15, -0.1) is 0 Å². The molecule has 1 aliphatic rings. The summed E-state index contributed by atoms with van der Waals surface area (Å²) < 4.78 is 0. The van der Waals surface area contributed by atoms with Crippen LogP contribution in [0.5, 0.6) is 0 Å². The average molecular weight is 375 g/mol. The van der Waals surface area contributed by atoms with E-state index < -0.39 is 0 Å². The molecule has 0 aliphatic heterocycles. The molecule has 0 bridgehead atoms. The topological polar surface area (TPSA) is 0 Å². The van der Waals surface area contributed by atoms with Gasteiger partial charge < -0.3 is 0 Å². The van der Waals surface area contributed by atoms with Crippen LogP contribution >= 0.6 is 0 Å². The first-order chi connectivity index (χ1) is 14.4. The molecule has 1 fully saturated rings. The summed E-state index contributed by atoms with van der Waals surface area (Å²) in [6.45, 7) is 0. The van der Waals surface area contributed by atoms with Crippen molar-refractivity contribution in [3.05, 3.63) is 144 Å². The second kappa shape index (κ2) is 7.37. The summed E-state index contributed by atoms with van der Waals surface area (Å²) in [6, 6.07) is 44.7. The van der Waals surface area contributed by atoms with Crippen molar-refractivity contribution in [2.24, 2.45) is 0 Å². The van der Waals surface area contributed by atoms with Gasteiger partial charge in [0, 0.05) is 10.8 Å². The van der Waals surface area contributed by atoms with Gasteiger partial charge >= 0.3 is 0 Å². The van der Waals surface area contributed by atoms with Gasteiger partial charge in [-0.3, -0.25) is 0 Å². The Kier molecular flexibility index (Phi) is 4.56. The minimum absolute atomic E-state index is 0.0990. The smallest absolute Gasteiger partial charge is 0.0340 e. The monoisotopic (exact) mass is 374 g/mol. The molecule has 4 aromatic rings. The molecule has 0 heterocycles. The normalized spacial score (nSPS) is 17.1. The highest BCUT2D eigenvalue weighted by Crippen LogP contribution is 2.62. The van der Waals surface area contributed by atoms with Gasteiger partial charge in [0.05, 0.1) is 0 Å². The van der Waals surface area contributed by atoms with Gasteiger partial charge in [0.1, 0.15) is 0 Å². The molecule has 142 valence electrons. The standard InChI is InChI=1S/C29H26/c1-5-14-24(15-6-1)28(25-16-7-2-8-17-25)22-13-23-29(28,26-18-9-3-10-19-26)27-20-11-4-12-21-27/h1-12,14-21H,13,22-23H2. The van der Waals surface area contributed by atoms with Crippen LogP contribution in [-0.2, 0) is 10.8 Å². The van der Waals surface area contributed by atoms with Crippen molar-refractivity contribution < 1.29 is 0 Å². The fraction of sp³-hybridized carbons (Fsp3) is 0.172. The summed E-state index contributed by atoms with van der Waals surface area (Å²) >= 11 is 0. The molecule has 0 heteroatoms. The molecule has 1 saturated carbocycles. The lowest BCUT2D eigenvalue weighted by atomic mass is 9.53. The molecule has 29 heavy (non-hydrogen) atoms. The Labute approximate surface area is 173 Å². The van der Waals surface area contributed by atoms with E-state index in [-0.39, 0.29) is 10.8 Å². The van der Waals surface area contributed by atoms with Crippen molar-refractivity contribution in [1.29, 1.82) is 0 Å². The van der Waals surface area contributed by atoms with E-state index in [1.807, 2.05) is 0 Å². The molecule has 0 radical (unpaired) electrons. The third-order valence-electron chi connectivity index (χ3n) is 6.90. The summed E-state index contributed by atoms with van der Waals surface area (Å²) in [5, 5.41) is 0. The quantitative estimate of drug-likeness (QED) is 0.356. The Morgan fingerprint density at radius 2 is 0.586 bits per heavy atom. The van der Waals surface area contributed by atoms with E-state index in [9.17, 15) is 0 Å². The molecule has 0 N–H and O–H groups in total. The average Bonchev–Trinajstić information content (AvgIpc) is 3.24. The summed E-state index contributed by atoms with van der Waals surface area (Å²) in [5.74, 6) is 0. The maximum Gasteiger partial charge on any atom is 0.0340 e. The van der Waals surface area contributed by atoms with E-state index in [0.29, 0.717) is 0 Å². The molecule has 0 aromatic heterocycles. The Morgan fingerprint density at radius 3 is 0.828 bits per heavy atom. The van der Waals surface area contributed by atoms with Gasteiger partial charge in [-0.25, -0.2) is 0 Å². The molecule has 0 amide bonds. The lowest BCUT2D eigenvalue weighted by Gasteiger charge is -2.48. The second-order valence-corrected chi connectivity index (χ2v) is 8.13. The predicted molar refractivity (Wildman–Crippen MR) is 121 cm³/mol. The molecule has 0 nitrogen and oxygen atoms in total. The molecule has 0 unspecified atom stereocenters. The number of hydrogen-bond acceptors (Lipinski definition) is 0. The Bertz CT molecular complexity index is 882. The fourth-order valence-corrected chi connectivity index (χ4v) is 5.83. The molecule has 4 aromatic carbocycles. The Balaban J connectivity index is 1.90. The lowest BCUT2D eigenvalue weighted by Crippen LogP contribution is -2.47. The van der Waals surface area contributed by atoms with E-state index in [1.165, 1.54) is 28.7 Å². The molecule has 5 rings (SSSR count). The van der Waals surface area contributed by atoms with Gasteiger partial charge in [0.25, 0.3) is 0 Å². The van der Waals surface area contributed by atoms with Crippen LogP contribution in [0.4, 0.5) is 0 Å². The highest BCUT2D eigenvalue weighted by atomic mass is 14.6. The molecule has 0 saturated heterocycles. The van der Waals surface area contributed by atoms with E-state index in [0.717, 1.165) is 12.8 Å². The van der Waals surface area contributed by atoms with Crippen molar-refractivity contribution in [2.75, 3.05) is 0 Å². The van der Waals surface area contributed by atoms with Crippen LogP contribution in [0.3, 0.4) is 0 Å². The Hall–Kier alpha value is -3.12. The predicted octanol–water partition coefficient (Wildman–Crippen LogP) is 7.14. The van der Waals surface area contributed by atoms with E-state index in [4.69, 9.17) is 0 Å². The van der Waals surface area contributed by atoms with Crippen molar-refractivity contribution in [3.63, 3.8) is 0 Å². The number of hydrogen-bond donors (Lipinski definition) is 0. The maximum absolute atomic E-state index is 2.33. The van der Waals surface area contributed by atoms with Crippen LogP contribution in [0.15, 0.2) is 121 Å². The summed E-state index contributed by atoms with van der Waals surface area (Å²) in [4.78, 5) is 0. The van der Waals surface area contributed by atoms with Gasteiger partial charge in [-0.2, -0.15) is 0 Å². The summed E-state index contributed by atoms with van der Waals surface area (Å²) in [7, 11) is 0. The third-order valence-corrected chi connectivity index (χ3v) is 6.90. The van der Waals surface area contributed by atoms with Gasteiger partial charge in [0.15, 0.2) is 0 Å². The minimum atomic E-state index is -0.0990. The maximum atomic E-state index is 2.33. The third kappa shape index (κ3) is 2.67. The van der Waals surface area contributed by atoms with Gasteiger partial charge in [-0.05, 0) is 35.1 Å². The molecule has 0 atom stereocenters. The molecular formula is C29H26. The van der Waals surface area contributed by atoms with Crippen LogP contribution in [0.25, 0.3) is 0 Å². The molecule has 0 spiro atoms. The van der Waals surface area contributed by atoms with Crippen LogP contribution in [0.1, 0.15) is 41.5 Å². The largest absolute Gasteiger partial charge is 0.0622 e. The molecule has 1 aliphatic carbocycles. The van der Waals surface area contributed by atoms with E-state index >= 15 is 0 Å². The van der Waals surface area contributed by atoms with Crippen LogP contribution < -0.4 is 0 Å².